The lowest BCUT2D eigenvalue weighted by atomic mass is 10.0. The molecule has 4 rings (SSSR count). The number of terminal acetylenes is 1. The molecule has 4 heteroatoms. The Kier molecular flexibility index (Phi) is 6.25. The Morgan fingerprint density at radius 1 is 0.774 bits per heavy atom. The molecule has 0 amide bonds. The summed E-state index contributed by atoms with van der Waals surface area (Å²) in [5, 5.41) is 0. The van der Waals surface area contributed by atoms with Crippen LogP contribution >= 0.6 is 0 Å². The summed E-state index contributed by atoms with van der Waals surface area (Å²) < 4.78 is 25.8. The van der Waals surface area contributed by atoms with Gasteiger partial charge in [0.1, 0.15) is 19.0 Å². The number of hydrogen-bond acceptors (Lipinski definition) is 3. The van der Waals surface area contributed by atoms with Crippen LogP contribution in [0.2, 0.25) is 0 Å². The first-order chi connectivity index (χ1) is 15.2. The second-order valence-corrected chi connectivity index (χ2v) is 6.89. The lowest BCUT2D eigenvalue weighted by Gasteiger charge is -2.14. The van der Waals surface area contributed by atoms with Gasteiger partial charge in [0.05, 0.1) is 5.56 Å². The van der Waals surface area contributed by atoms with Crippen LogP contribution in [-0.2, 0) is 13.2 Å². The van der Waals surface area contributed by atoms with E-state index >= 15 is 0 Å². The van der Waals surface area contributed by atoms with Crippen LogP contribution in [0.3, 0.4) is 0 Å². The second-order valence-electron chi connectivity index (χ2n) is 6.89. The number of ether oxygens (including phenoxy) is 2. The van der Waals surface area contributed by atoms with E-state index in [1.165, 1.54) is 6.07 Å². The van der Waals surface area contributed by atoms with Crippen molar-refractivity contribution in [2.24, 2.45) is 0 Å². The van der Waals surface area contributed by atoms with Crippen molar-refractivity contribution in [1.82, 2.24) is 4.98 Å². The van der Waals surface area contributed by atoms with E-state index in [9.17, 15) is 4.39 Å². The second kappa shape index (κ2) is 9.60. The van der Waals surface area contributed by atoms with E-state index in [0.717, 1.165) is 16.7 Å². The van der Waals surface area contributed by atoms with Gasteiger partial charge < -0.3 is 9.47 Å². The van der Waals surface area contributed by atoms with Gasteiger partial charge in [0.2, 0.25) is 11.8 Å². The first kappa shape index (κ1) is 20.2. The maximum atomic E-state index is 13.9. The molecule has 0 N–H and O–H groups in total. The first-order valence-corrected chi connectivity index (χ1v) is 9.84. The Labute approximate surface area is 181 Å². The highest BCUT2D eigenvalue weighted by molar-refractivity contribution is 5.70. The number of pyridine rings is 1. The summed E-state index contributed by atoms with van der Waals surface area (Å²) in [7, 11) is 0. The Morgan fingerprint density at radius 3 is 2.06 bits per heavy atom. The normalized spacial score (nSPS) is 10.3. The minimum atomic E-state index is -0.436. The van der Waals surface area contributed by atoms with E-state index in [4.69, 9.17) is 15.9 Å². The smallest absolute Gasteiger partial charge is 0.225 e. The van der Waals surface area contributed by atoms with E-state index < -0.39 is 5.82 Å². The average molecular weight is 409 g/mol. The number of aromatic nitrogens is 1. The van der Waals surface area contributed by atoms with Gasteiger partial charge in [-0.25, -0.2) is 4.39 Å². The third-order valence-electron chi connectivity index (χ3n) is 4.72. The zero-order valence-electron chi connectivity index (χ0n) is 16.8. The molecule has 0 aliphatic carbocycles. The van der Waals surface area contributed by atoms with Crippen LogP contribution in [0.15, 0.2) is 91.0 Å². The van der Waals surface area contributed by atoms with Crippen LogP contribution < -0.4 is 9.47 Å². The van der Waals surface area contributed by atoms with Crippen LogP contribution in [0.1, 0.15) is 16.7 Å². The molecule has 0 aliphatic heterocycles. The fourth-order valence-corrected chi connectivity index (χ4v) is 3.09. The van der Waals surface area contributed by atoms with Gasteiger partial charge in [-0.3, -0.25) is 0 Å². The summed E-state index contributed by atoms with van der Waals surface area (Å²) >= 11 is 0. The minimum absolute atomic E-state index is 0.191. The molecule has 0 radical (unpaired) electrons. The summed E-state index contributed by atoms with van der Waals surface area (Å²) in [5.41, 5.74) is 3.67. The lowest BCUT2D eigenvalue weighted by Crippen LogP contribution is -2.02. The molecular weight excluding hydrogens is 389 g/mol. The number of rotatable bonds is 7. The highest BCUT2D eigenvalue weighted by Crippen LogP contribution is 2.32. The lowest BCUT2D eigenvalue weighted by molar-refractivity contribution is 0.268. The molecule has 0 saturated heterocycles. The Hall–Kier alpha value is -4.10. The summed E-state index contributed by atoms with van der Waals surface area (Å²) in [4.78, 5) is 4.57. The SMILES string of the molecule is C#Cc1cc(-c2ccc(OCc3ccccc3)nc2OCc2ccccc2)ccc1F. The zero-order valence-corrected chi connectivity index (χ0v) is 16.8. The molecule has 152 valence electrons. The summed E-state index contributed by atoms with van der Waals surface area (Å²) in [6, 6.07) is 27.9. The number of nitrogens with zero attached hydrogens (tertiary/aromatic N) is 1. The predicted octanol–water partition coefficient (Wildman–Crippen LogP) is 6.03. The van der Waals surface area contributed by atoms with E-state index in [1.807, 2.05) is 66.7 Å². The van der Waals surface area contributed by atoms with Crippen molar-refractivity contribution in [1.29, 1.82) is 0 Å². The van der Waals surface area contributed by atoms with E-state index in [2.05, 4.69) is 10.9 Å². The largest absolute Gasteiger partial charge is 0.473 e. The van der Waals surface area contributed by atoms with Crippen LogP contribution in [0, 0.1) is 18.2 Å². The highest BCUT2D eigenvalue weighted by Gasteiger charge is 2.13. The Balaban J connectivity index is 1.63. The Bertz CT molecular complexity index is 1200. The molecule has 0 atom stereocenters. The fraction of sp³-hybridized carbons (Fsp3) is 0.0741. The van der Waals surface area contributed by atoms with Gasteiger partial charge in [-0.1, -0.05) is 72.7 Å². The highest BCUT2D eigenvalue weighted by atomic mass is 19.1. The van der Waals surface area contributed by atoms with Crippen molar-refractivity contribution in [3.05, 3.63) is 114 Å². The average Bonchev–Trinajstić information content (AvgIpc) is 2.83. The summed E-state index contributed by atoms with van der Waals surface area (Å²) in [5.74, 6) is 2.77. The van der Waals surface area contributed by atoms with E-state index in [-0.39, 0.29) is 5.56 Å². The standard InChI is InChI=1S/C27H20FNO2/c1-2-22-17-23(13-15-25(22)28)24-14-16-26(30-18-20-9-5-3-6-10-20)29-27(24)31-19-21-11-7-4-8-12-21/h1,3-17H,18-19H2. The Morgan fingerprint density at radius 2 is 1.42 bits per heavy atom. The molecule has 0 aliphatic rings. The molecule has 0 spiro atoms. The summed E-state index contributed by atoms with van der Waals surface area (Å²) in [6.07, 6.45) is 5.43. The van der Waals surface area contributed by atoms with Gasteiger partial charge in [0.25, 0.3) is 0 Å². The molecule has 0 fully saturated rings. The predicted molar refractivity (Wildman–Crippen MR) is 119 cm³/mol. The van der Waals surface area contributed by atoms with Gasteiger partial charge in [-0.05, 0) is 34.9 Å². The van der Waals surface area contributed by atoms with E-state index in [1.54, 1.807) is 18.2 Å². The number of halogens is 1. The summed E-state index contributed by atoms with van der Waals surface area (Å²) in [6.45, 7) is 0.731. The van der Waals surface area contributed by atoms with Gasteiger partial charge in [0, 0.05) is 11.6 Å². The monoisotopic (exact) mass is 409 g/mol. The van der Waals surface area contributed by atoms with Gasteiger partial charge >= 0.3 is 0 Å². The van der Waals surface area contributed by atoms with E-state index in [0.29, 0.717) is 30.5 Å². The molecule has 0 bridgehead atoms. The van der Waals surface area contributed by atoms with Crippen LogP contribution in [0.4, 0.5) is 4.39 Å². The quantitative estimate of drug-likeness (QED) is 0.350. The third kappa shape index (κ3) is 5.09. The van der Waals surface area contributed by atoms with Crippen molar-refractivity contribution < 1.29 is 13.9 Å². The maximum Gasteiger partial charge on any atom is 0.225 e. The zero-order chi connectivity index (χ0) is 21.5. The topological polar surface area (TPSA) is 31.4 Å². The van der Waals surface area contributed by atoms with Crippen LogP contribution in [0.5, 0.6) is 11.8 Å². The molecule has 3 aromatic carbocycles. The molecule has 0 saturated carbocycles. The van der Waals surface area contributed by atoms with Crippen molar-refractivity contribution in [2.45, 2.75) is 13.2 Å². The van der Waals surface area contributed by atoms with Crippen molar-refractivity contribution in [3.8, 4) is 35.2 Å². The van der Waals surface area contributed by atoms with Crippen LogP contribution in [-0.4, -0.2) is 4.98 Å². The van der Waals surface area contributed by atoms with Gasteiger partial charge in [-0.2, -0.15) is 4.98 Å². The molecule has 1 heterocycles. The van der Waals surface area contributed by atoms with Crippen molar-refractivity contribution >= 4 is 0 Å². The molecule has 31 heavy (non-hydrogen) atoms. The number of benzene rings is 3. The van der Waals surface area contributed by atoms with Gasteiger partial charge in [0.15, 0.2) is 0 Å². The molecule has 3 nitrogen and oxygen atoms in total. The molecule has 4 aromatic rings. The first-order valence-electron chi connectivity index (χ1n) is 9.84. The maximum absolute atomic E-state index is 13.9. The van der Waals surface area contributed by atoms with Crippen molar-refractivity contribution in [3.63, 3.8) is 0 Å². The minimum Gasteiger partial charge on any atom is -0.473 e. The van der Waals surface area contributed by atoms with Crippen molar-refractivity contribution in [2.75, 3.05) is 0 Å². The molecular formula is C27H20FNO2. The molecule has 0 unspecified atom stereocenters. The van der Waals surface area contributed by atoms with Crippen LogP contribution in [0.25, 0.3) is 11.1 Å². The number of hydrogen-bond donors (Lipinski definition) is 0. The third-order valence-corrected chi connectivity index (χ3v) is 4.72. The fourth-order valence-electron chi connectivity index (χ4n) is 3.09. The van der Waals surface area contributed by atoms with Gasteiger partial charge in [-0.15, -0.1) is 6.42 Å². The molecule has 1 aromatic heterocycles.